The molecule has 0 aliphatic carbocycles. The molecule has 1 aromatic carbocycles. The number of hydrogen-bond acceptors (Lipinski definition) is 3. The average molecular weight is 253 g/mol. The highest BCUT2D eigenvalue weighted by Crippen LogP contribution is 2.09. The van der Waals surface area contributed by atoms with Gasteiger partial charge in [-0.1, -0.05) is 0 Å². The lowest BCUT2D eigenvalue weighted by molar-refractivity contribution is 0.131. The zero-order chi connectivity index (χ0) is 13.2. The summed E-state index contributed by atoms with van der Waals surface area (Å²) >= 11 is 0. The van der Waals surface area contributed by atoms with Crippen LogP contribution < -0.4 is 5.32 Å². The van der Waals surface area contributed by atoms with Gasteiger partial charge >= 0.3 is 0 Å². The van der Waals surface area contributed by atoms with Crippen LogP contribution in [0.5, 0.6) is 0 Å². The summed E-state index contributed by atoms with van der Waals surface area (Å²) < 4.78 is 23.4. The van der Waals surface area contributed by atoms with Crippen molar-refractivity contribution in [2.45, 2.75) is 13.8 Å². The minimum absolute atomic E-state index is 0.242. The van der Waals surface area contributed by atoms with Crippen molar-refractivity contribution >= 4 is 5.69 Å². The molecule has 0 radical (unpaired) electrons. The molecule has 1 N–H and O–H groups in total. The standard InChI is InChI=1S/C14H20FNO2/c1-3-17-10-12(11-18-4-2)9-16-14-7-5-13(15)6-8-14/h5-9,16H,3-4,10-11H2,1-2H3. The Kier molecular flexibility index (Phi) is 7.06. The number of nitrogens with one attached hydrogen (secondary N) is 1. The summed E-state index contributed by atoms with van der Waals surface area (Å²) in [6, 6.07) is 6.21. The molecule has 100 valence electrons. The van der Waals surface area contributed by atoms with E-state index in [4.69, 9.17) is 9.47 Å². The summed E-state index contributed by atoms with van der Waals surface area (Å²) in [5.41, 5.74) is 1.85. The summed E-state index contributed by atoms with van der Waals surface area (Å²) in [4.78, 5) is 0. The second kappa shape index (κ2) is 8.66. The van der Waals surface area contributed by atoms with Crippen molar-refractivity contribution in [1.82, 2.24) is 0 Å². The van der Waals surface area contributed by atoms with Crippen LogP contribution in [0.1, 0.15) is 13.8 Å². The van der Waals surface area contributed by atoms with Crippen molar-refractivity contribution in [1.29, 1.82) is 0 Å². The third kappa shape index (κ3) is 5.80. The van der Waals surface area contributed by atoms with Gasteiger partial charge in [-0.05, 0) is 43.7 Å². The van der Waals surface area contributed by atoms with E-state index in [1.165, 1.54) is 12.1 Å². The predicted molar refractivity (Wildman–Crippen MR) is 71.1 cm³/mol. The number of benzene rings is 1. The van der Waals surface area contributed by atoms with Crippen LogP contribution in [0.3, 0.4) is 0 Å². The Morgan fingerprint density at radius 2 is 1.67 bits per heavy atom. The fraction of sp³-hybridized carbons (Fsp3) is 0.429. The zero-order valence-electron chi connectivity index (χ0n) is 10.9. The van der Waals surface area contributed by atoms with E-state index in [0.29, 0.717) is 26.4 Å². The van der Waals surface area contributed by atoms with Crippen LogP contribution in [0.2, 0.25) is 0 Å². The van der Waals surface area contributed by atoms with Crippen LogP contribution in [-0.4, -0.2) is 26.4 Å². The van der Waals surface area contributed by atoms with E-state index in [-0.39, 0.29) is 5.82 Å². The van der Waals surface area contributed by atoms with Gasteiger partial charge in [-0.2, -0.15) is 0 Å². The Morgan fingerprint density at radius 1 is 1.11 bits per heavy atom. The topological polar surface area (TPSA) is 30.5 Å². The lowest BCUT2D eigenvalue weighted by Gasteiger charge is -2.09. The molecule has 0 unspecified atom stereocenters. The number of rotatable bonds is 8. The third-order valence-electron chi connectivity index (χ3n) is 2.27. The molecule has 4 heteroatoms. The first-order valence-corrected chi connectivity index (χ1v) is 6.11. The second-order valence-electron chi connectivity index (χ2n) is 3.73. The Labute approximate surface area is 108 Å². The molecule has 0 saturated heterocycles. The van der Waals surface area contributed by atoms with Crippen molar-refractivity contribution in [3.63, 3.8) is 0 Å². The molecule has 0 fully saturated rings. The maximum Gasteiger partial charge on any atom is 0.123 e. The first-order chi connectivity index (χ1) is 8.76. The number of hydrogen-bond donors (Lipinski definition) is 1. The molecule has 0 amide bonds. The van der Waals surface area contributed by atoms with Crippen LogP contribution in [0.4, 0.5) is 10.1 Å². The molecule has 1 aromatic rings. The molecule has 3 nitrogen and oxygen atoms in total. The van der Waals surface area contributed by atoms with Gasteiger partial charge in [0.05, 0.1) is 13.2 Å². The quantitative estimate of drug-likeness (QED) is 0.771. The molecule has 0 bridgehead atoms. The predicted octanol–water partition coefficient (Wildman–Crippen LogP) is 3.19. The van der Waals surface area contributed by atoms with E-state index < -0.39 is 0 Å². The van der Waals surface area contributed by atoms with Gasteiger partial charge in [0, 0.05) is 25.1 Å². The minimum atomic E-state index is -0.242. The van der Waals surface area contributed by atoms with Crippen molar-refractivity contribution < 1.29 is 13.9 Å². The monoisotopic (exact) mass is 253 g/mol. The fourth-order valence-electron chi connectivity index (χ4n) is 1.32. The minimum Gasteiger partial charge on any atom is -0.377 e. The lowest BCUT2D eigenvalue weighted by Crippen LogP contribution is -2.07. The summed E-state index contributed by atoms with van der Waals surface area (Å²) in [5, 5.41) is 3.10. The highest BCUT2D eigenvalue weighted by Gasteiger charge is 1.98. The molecule has 0 spiro atoms. The molecule has 0 atom stereocenters. The highest BCUT2D eigenvalue weighted by molar-refractivity contribution is 5.45. The molecule has 0 aliphatic rings. The van der Waals surface area contributed by atoms with Crippen LogP contribution in [-0.2, 0) is 9.47 Å². The van der Waals surface area contributed by atoms with Crippen molar-refractivity contribution in [3.05, 3.63) is 41.9 Å². The molecular formula is C14H20FNO2. The van der Waals surface area contributed by atoms with E-state index in [9.17, 15) is 4.39 Å². The molecule has 0 saturated carbocycles. The number of halogens is 1. The molecule has 18 heavy (non-hydrogen) atoms. The molecular weight excluding hydrogens is 233 g/mol. The van der Waals surface area contributed by atoms with Gasteiger partial charge in [0.25, 0.3) is 0 Å². The molecule has 0 aromatic heterocycles. The zero-order valence-corrected chi connectivity index (χ0v) is 10.9. The number of ether oxygens (including phenoxy) is 2. The summed E-state index contributed by atoms with van der Waals surface area (Å²) in [6.45, 7) is 6.30. The van der Waals surface area contributed by atoms with E-state index in [1.807, 2.05) is 20.0 Å². The van der Waals surface area contributed by atoms with E-state index in [0.717, 1.165) is 11.3 Å². The van der Waals surface area contributed by atoms with Crippen LogP contribution in [0, 0.1) is 5.82 Å². The largest absolute Gasteiger partial charge is 0.377 e. The second-order valence-corrected chi connectivity index (χ2v) is 3.73. The Hall–Kier alpha value is -1.39. The van der Waals surface area contributed by atoms with Gasteiger partial charge < -0.3 is 14.8 Å². The third-order valence-corrected chi connectivity index (χ3v) is 2.27. The van der Waals surface area contributed by atoms with Crippen molar-refractivity contribution in [2.24, 2.45) is 0 Å². The first kappa shape index (κ1) is 14.7. The van der Waals surface area contributed by atoms with Gasteiger partial charge in [0.1, 0.15) is 5.82 Å². The first-order valence-electron chi connectivity index (χ1n) is 6.11. The van der Waals surface area contributed by atoms with Crippen LogP contribution in [0.25, 0.3) is 0 Å². The van der Waals surface area contributed by atoms with E-state index in [1.54, 1.807) is 12.1 Å². The highest BCUT2D eigenvalue weighted by atomic mass is 19.1. The van der Waals surface area contributed by atoms with E-state index in [2.05, 4.69) is 5.32 Å². The molecule has 0 aliphatic heterocycles. The Bertz CT molecular complexity index is 353. The fourth-order valence-corrected chi connectivity index (χ4v) is 1.32. The smallest absolute Gasteiger partial charge is 0.123 e. The number of anilines is 1. The van der Waals surface area contributed by atoms with Crippen molar-refractivity contribution in [3.8, 4) is 0 Å². The molecule has 0 heterocycles. The van der Waals surface area contributed by atoms with Gasteiger partial charge in [-0.25, -0.2) is 4.39 Å². The van der Waals surface area contributed by atoms with Crippen LogP contribution in [0.15, 0.2) is 36.0 Å². The van der Waals surface area contributed by atoms with Gasteiger partial charge in [-0.3, -0.25) is 0 Å². The van der Waals surface area contributed by atoms with Crippen molar-refractivity contribution in [2.75, 3.05) is 31.7 Å². The summed E-state index contributed by atoms with van der Waals surface area (Å²) in [5.74, 6) is -0.242. The lowest BCUT2D eigenvalue weighted by atomic mass is 10.3. The van der Waals surface area contributed by atoms with E-state index >= 15 is 0 Å². The van der Waals surface area contributed by atoms with Crippen LogP contribution >= 0.6 is 0 Å². The van der Waals surface area contributed by atoms with Gasteiger partial charge in [0.15, 0.2) is 0 Å². The Balaban J connectivity index is 2.54. The summed E-state index contributed by atoms with van der Waals surface area (Å²) in [7, 11) is 0. The normalized spacial score (nSPS) is 10.2. The Morgan fingerprint density at radius 3 is 2.17 bits per heavy atom. The SMILES string of the molecule is CCOCC(=CNc1ccc(F)cc1)COCC. The average Bonchev–Trinajstić information content (AvgIpc) is 2.40. The maximum atomic E-state index is 12.7. The van der Waals surface area contributed by atoms with Gasteiger partial charge in [-0.15, -0.1) is 0 Å². The maximum absolute atomic E-state index is 12.7. The molecule has 1 rings (SSSR count). The van der Waals surface area contributed by atoms with Gasteiger partial charge in [0.2, 0.25) is 0 Å². The summed E-state index contributed by atoms with van der Waals surface area (Å²) in [6.07, 6.45) is 1.85.